The molecule has 0 aliphatic carbocycles. The van der Waals surface area contributed by atoms with Crippen molar-refractivity contribution in [3.05, 3.63) is 82.1 Å². The average molecular weight is 615 g/mol. The zero-order valence-electron chi connectivity index (χ0n) is 23.9. The first kappa shape index (κ1) is 31.2. The van der Waals surface area contributed by atoms with E-state index in [1.54, 1.807) is 44.4 Å². The molecule has 0 unspecified atom stereocenters. The first-order valence-electron chi connectivity index (χ1n) is 13.6. The molecular weight excluding hydrogens is 574 g/mol. The van der Waals surface area contributed by atoms with Crippen LogP contribution in [0.5, 0.6) is 11.5 Å². The van der Waals surface area contributed by atoms with Gasteiger partial charge in [-0.25, -0.2) is 0 Å². The maximum atomic E-state index is 13.7. The Morgan fingerprint density at radius 2 is 1.57 bits per heavy atom. The Labute approximate surface area is 245 Å². The van der Waals surface area contributed by atoms with Gasteiger partial charge in [-0.1, -0.05) is 41.4 Å². The Morgan fingerprint density at radius 3 is 2.20 bits per heavy atom. The number of benzene rings is 2. The van der Waals surface area contributed by atoms with Gasteiger partial charge in [-0.2, -0.15) is 0 Å². The van der Waals surface area contributed by atoms with Crippen molar-refractivity contribution < 1.29 is 23.8 Å². The van der Waals surface area contributed by atoms with Crippen molar-refractivity contribution in [3.63, 3.8) is 0 Å². The number of methoxy groups -OCH3 is 3. The summed E-state index contributed by atoms with van der Waals surface area (Å²) in [6.07, 6.45) is 4.49. The summed E-state index contributed by atoms with van der Waals surface area (Å²) in [4.78, 5) is 30.8. The van der Waals surface area contributed by atoms with Crippen LogP contribution in [0.4, 0.5) is 0 Å². The molecule has 9 heteroatoms. The van der Waals surface area contributed by atoms with E-state index >= 15 is 0 Å². The Bertz CT molecular complexity index is 1210. The molecule has 1 aromatic heterocycles. The molecule has 3 aromatic rings. The molecule has 0 spiro atoms. The average Bonchev–Trinajstić information content (AvgIpc) is 3.41. The zero-order chi connectivity index (χ0) is 28.9. The predicted molar refractivity (Wildman–Crippen MR) is 160 cm³/mol. The highest BCUT2D eigenvalue weighted by Gasteiger charge is 2.24. The molecule has 0 atom stereocenters. The van der Waals surface area contributed by atoms with Gasteiger partial charge < -0.3 is 28.6 Å². The quantitative estimate of drug-likeness (QED) is 0.196. The smallest absolute Gasteiger partial charge is 0.254 e. The third-order valence-electron chi connectivity index (χ3n) is 6.67. The highest BCUT2D eigenvalue weighted by molar-refractivity contribution is 9.10. The summed E-state index contributed by atoms with van der Waals surface area (Å²) in [6, 6.07) is 17.3. The number of halogens is 1. The lowest BCUT2D eigenvalue weighted by atomic mass is 10.1. The van der Waals surface area contributed by atoms with Gasteiger partial charge in [0.25, 0.3) is 5.91 Å². The van der Waals surface area contributed by atoms with Gasteiger partial charge in [0.1, 0.15) is 18.0 Å². The van der Waals surface area contributed by atoms with Gasteiger partial charge in [-0.15, -0.1) is 0 Å². The van der Waals surface area contributed by atoms with Gasteiger partial charge in [0.2, 0.25) is 5.91 Å². The van der Waals surface area contributed by atoms with Crippen molar-refractivity contribution in [2.45, 2.75) is 39.3 Å². The summed E-state index contributed by atoms with van der Waals surface area (Å²) in [5, 5.41) is 0. The third kappa shape index (κ3) is 9.13. The molecule has 0 aliphatic rings. The van der Waals surface area contributed by atoms with Gasteiger partial charge >= 0.3 is 0 Å². The Hall–Kier alpha value is -3.30. The monoisotopic (exact) mass is 613 g/mol. The van der Waals surface area contributed by atoms with Gasteiger partial charge in [0, 0.05) is 61.3 Å². The molecule has 0 radical (unpaired) electrons. The van der Waals surface area contributed by atoms with Crippen molar-refractivity contribution in [2.75, 3.05) is 47.6 Å². The number of rotatable bonds is 16. The number of amides is 2. The van der Waals surface area contributed by atoms with E-state index in [2.05, 4.69) is 45.6 Å². The largest absolute Gasteiger partial charge is 0.497 e. The second-order valence-electron chi connectivity index (χ2n) is 9.60. The maximum absolute atomic E-state index is 13.7. The molecular formula is C31H40BrN3O5. The molecule has 0 bridgehead atoms. The number of aromatic nitrogens is 1. The molecule has 2 amide bonds. The number of unbranched alkanes of at least 4 members (excludes halogenated alkanes) is 1. The normalized spacial score (nSPS) is 10.8. The summed E-state index contributed by atoms with van der Waals surface area (Å²) < 4.78 is 19.1. The van der Waals surface area contributed by atoms with E-state index in [1.807, 2.05) is 29.3 Å². The summed E-state index contributed by atoms with van der Waals surface area (Å²) >= 11 is 3.49. The summed E-state index contributed by atoms with van der Waals surface area (Å²) in [7, 11) is 4.71. The number of carbonyl (C=O) groups is 2. The Balaban J connectivity index is 1.80. The minimum atomic E-state index is -0.254. The molecule has 1 heterocycles. The van der Waals surface area contributed by atoms with Crippen LogP contribution in [-0.4, -0.2) is 73.8 Å². The predicted octanol–water partition coefficient (Wildman–Crippen LogP) is 5.62. The minimum absolute atomic E-state index is 0.0286. The maximum Gasteiger partial charge on any atom is 0.254 e. The van der Waals surface area contributed by atoms with Crippen LogP contribution in [0, 0.1) is 0 Å². The fraction of sp³-hybridized carbons (Fsp3) is 0.419. The molecule has 3 rings (SSSR count). The SMILES string of the molecule is CCCCN(Cc1cccn1Cc1ccc(Br)cc1)C(=O)CN(CCCOC)C(=O)c1cc(OC)cc(OC)c1. The number of ether oxygens (including phenoxy) is 3. The van der Waals surface area contributed by atoms with E-state index < -0.39 is 0 Å². The van der Waals surface area contributed by atoms with Gasteiger partial charge in [0.15, 0.2) is 0 Å². The lowest BCUT2D eigenvalue weighted by Crippen LogP contribution is -2.43. The highest BCUT2D eigenvalue weighted by Crippen LogP contribution is 2.24. The first-order chi connectivity index (χ1) is 19.4. The van der Waals surface area contributed by atoms with Crippen molar-refractivity contribution in [3.8, 4) is 11.5 Å². The third-order valence-corrected chi connectivity index (χ3v) is 7.19. The van der Waals surface area contributed by atoms with Crippen LogP contribution in [0.3, 0.4) is 0 Å². The van der Waals surface area contributed by atoms with Gasteiger partial charge in [0.05, 0.1) is 20.8 Å². The van der Waals surface area contributed by atoms with Crippen LogP contribution in [0.25, 0.3) is 0 Å². The molecule has 216 valence electrons. The minimum Gasteiger partial charge on any atom is -0.497 e. The zero-order valence-corrected chi connectivity index (χ0v) is 25.5. The van der Waals surface area contributed by atoms with Crippen LogP contribution < -0.4 is 9.47 Å². The topological polar surface area (TPSA) is 73.2 Å². The van der Waals surface area contributed by atoms with E-state index in [4.69, 9.17) is 14.2 Å². The number of hydrogen-bond acceptors (Lipinski definition) is 5. The second-order valence-corrected chi connectivity index (χ2v) is 10.5. The molecule has 0 N–H and O–H groups in total. The van der Waals surface area contributed by atoms with Crippen LogP contribution in [0.2, 0.25) is 0 Å². The van der Waals surface area contributed by atoms with Crippen LogP contribution >= 0.6 is 15.9 Å². The Morgan fingerprint density at radius 1 is 0.900 bits per heavy atom. The van der Waals surface area contributed by atoms with Crippen molar-refractivity contribution in [2.24, 2.45) is 0 Å². The Kier molecular flexibility index (Phi) is 12.6. The van der Waals surface area contributed by atoms with Gasteiger partial charge in [-0.3, -0.25) is 9.59 Å². The molecule has 0 saturated carbocycles. The highest BCUT2D eigenvalue weighted by atomic mass is 79.9. The number of nitrogens with zero attached hydrogens (tertiary/aromatic N) is 3. The van der Waals surface area contributed by atoms with E-state index in [1.165, 1.54) is 5.56 Å². The fourth-order valence-corrected chi connectivity index (χ4v) is 4.66. The summed E-state index contributed by atoms with van der Waals surface area (Å²) in [6.45, 7) is 4.75. The molecule has 40 heavy (non-hydrogen) atoms. The number of hydrogen-bond donors (Lipinski definition) is 0. The van der Waals surface area contributed by atoms with E-state index in [0.717, 1.165) is 23.0 Å². The van der Waals surface area contributed by atoms with E-state index in [-0.39, 0.29) is 18.4 Å². The fourth-order valence-electron chi connectivity index (χ4n) is 4.40. The first-order valence-corrected chi connectivity index (χ1v) is 14.3. The number of carbonyl (C=O) groups excluding carboxylic acids is 2. The lowest BCUT2D eigenvalue weighted by molar-refractivity contribution is -0.132. The molecule has 0 saturated heterocycles. The van der Waals surface area contributed by atoms with Crippen molar-refractivity contribution >= 4 is 27.7 Å². The van der Waals surface area contributed by atoms with Crippen molar-refractivity contribution in [1.29, 1.82) is 0 Å². The van der Waals surface area contributed by atoms with E-state index in [9.17, 15) is 9.59 Å². The second kappa shape index (κ2) is 16.1. The molecule has 0 aliphatic heterocycles. The van der Waals surface area contributed by atoms with Gasteiger partial charge in [-0.05, 0) is 54.8 Å². The summed E-state index contributed by atoms with van der Waals surface area (Å²) in [5.74, 6) is 0.685. The van der Waals surface area contributed by atoms with Crippen LogP contribution in [-0.2, 0) is 22.6 Å². The molecule has 8 nitrogen and oxygen atoms in total. The molecule has 2 aromatic carbocycles. The summed E-state index contributed by atoms with van der Waals surface area (Å²) in [5.41, 5.74) is 2.63. The van der Waals surface area contributed by atoms with Crippen LogP contribution in [0.1, 0.15) is 47.8 Å². The van der Waals surface area contributed by atoms with Crippen LogP contribution in [0.15, 0.2) is 65.3 Å². The molecule has 0 fully saturated rings. The lowest BCUT2D eigenvalue weighted by Gasteiger charge is -2.28. The standard InChI is InChI=1S/C31H40BrN3O5/c1-5-6-14-34(22-27-9-7-15-33(27)21-24-10-12-26(32)13-11-24)30(36)23-35(16-8-17-38-2)31(37)25-18-28(39-3)20-29(19-25)40-4/h7,9-13,15,18-20H,5-6,8,14,16-17,21-23H2,1-4H3. The van der Waals surface area contributed by atoms with E-state index in [0.29, 0.717) is 56.3 Å². The van der Waals surface area contributed by atoms with Crippen molar-refractivity contribution in [1.82, 2.24) is 14.4 Å².